The van der Waals surface area contributed by atoms with Crippen LogP contribution in [0, 0.1) is 5.82 Å². The number of nitrogen functional groups attached to an aromatic ring is 1. The normalized spacial score (nSPS) is 10.8. The quantitative estimate of drug-likeness (QED) is 0.510. The molecule has 0 saturated carbocycles. The minimum Gasteiger partial charge on any atom is -0.337 e. The van der Waals surface area contributed by atoms with Gasteiger partial charge in [-0.15, -0.1) is 11.3 Å². The van der Waals surface area contributed by atoms with Gasteiger partial charge in [-0.2, -0.15) is 4.98 Å². The third kappa shape index (κ3) is 2.38. The van der Waals surface area contributed by atoms with Crippen LogP contribution in [-0.4, -0.2) is 9.97 Å². The number of halogens is 2. The van der Waals surface area contributed by atoms with Crippen molar-refractivity contribution >= 4 is 50.6 Å². The summed E-state index contributed by atoms with van der Waals surface area (Å²) in [6, 6.07) is 6.12. The Bertz CT molecular complexity index is 776. The molecule has 0 radical (unpaired) electrons. The number of nitrogens with one attached hydrogen (secondary N) is 2. The van der Waals surface area contributed by atoms with E-state index < -0.39 is 5.82 Å². The summed E-state index contributed by atoms with van der Waals surface area (Å²) in [5.41, 5.74) is 2.63. The highest BCUT2D eigenvalue weighted by molar-refractivity contribution is 7.16. The Morgan fingerprint density at radius 1 is 1.25 bits per heavy atom. The first-order valence-corrected chi connectivity index (χ1v) is 6.87. The first-order valence-electron chi connectivity index (χ1n) is 5.61. The van der Waals surface area contributed by atoms with Gasteiger partial charge >= 0.3 is 0 Å². The van der Waals surface area contributed by atoms with Crippen LogP contribution in [0.2, 0.25) is 5.02 Å². The lowest BCUT2D eigenvalue weighted by Crippen LogP contribution is -2.11. The van der Waals surface area contributed by atoms with Gasteiger partial charge in [-0.1, -0.05) is 11.6 Å². The van der Waals surface area contributed by atoms with E-state index in [2.05, 4.69) is 20.7 Å². The average molecular weight is 310 g/mol. The van der Waals surface area contributed by atoms with Crippen molar-refractivity contribution < 1.29 is 4.39 Å². The third-order valence-corrected chi connectivity index (χ3v) is 3.68. The van der Waals surface area contributed by atoms with E-state index in [1.807, 2.05) is 11.4 Å². The second-order valence-corrected chi connectivity index (χ2v) is 5.26. The predicted molar refractivity (Wildman–Crippen MR) is 79.9 cm³/mol. The van der Waals surface area contributed by atoms with E-state index in [-0.39, 0.29) is 11.6 Å². The number of hydrogen-bond donors (Lipinski definition) is 3. The van der Waals surface area contributed by atoms with Gasteiger partial charge in [0.25, 0.3) is 0 Å². The zero-order chi connectivity index (χ0) is 14.1. The van der Waals surface area contributed by atoms with E-state index in [0.717, 1.165) is 10.2 Å². The van der Waals surface area contributed by atoms with Crippen LogP contribution >= 0.6 is 22.9 Å². The van der Waals surface area contributed by atoms with E-state index in [4.69, 9.17) is 17.4 Å². The number of aromatic nitrogens is 2. The molecule has 5 nitrogen and oxygen atoms in total. The maximum atomic E-state index is 13.8. The first-order chi connectivity index (χ1) is 9.67. The monoisotopic (exact) mass is 309 g/mol. The number of rotatable bonds is 3. The van der Waals surface area contributed by atoms with Crippen molar-refractivity contribution in [2.45, 2.75) is 0 Å². The van der Waals surface area contributed by atoms with Crippen molar-refractivity contribution in [1.82, 2.24) is 9.97 Å². The van der Waals surface area contributed by atoms with Crippen molar-refractivity contribution in [3.63, 3.8) is 0 Å². The zero-order valence-corrected chi connectivity index (χ0v) is 11.6. The van der Waals surface area contributed by atoms with E-state index in [1.54, 1.807) is 0 Å². The van der Waals surface area contributed by atoms with Gasteiger partial charge in [0.15, 0.2) is 0 Å². The van der Waals surface area contributed by atoms with E-state index >= 15 is 0 Å². The number of hydrogen-bond acceptors (Lipinski definition) is 6. The lowest BCUT2D eigenvalue weighted by atomic mass is 10.3. The van der Waals surface area contributed by atoms with Crippen LogP contribution in [0.5, 0.6) is 0 Å². The molecule has 1 aromatic carbocycles. The number of benzene rings is 1. The third-order valence-electron chi connectivity index (χ3n) is 2.64. The highest BCUT2D eigenvalue weighted by atomic mass is 35.5. The summed E-state index contributed by atoms with van der Waals surface area (Å²) in [6.45, 7) is 0. The first kappa shape index (κ1) is 13.0. The maximum absolute atomic E-state index is 13.8. The Morgan fingerprint density at radius 3 is 2.90 bits per heavy atom. The molecule has 20 heavy (non-hydrogen) atoms. The Labute approximate surface area is 122 Å². The van der Waals surface area contributed by atoms with Crippen molar-refractivity contribution in [2.75, 3.05) is 10.7 Å². The Hall–Kier alpha value is -1.96. The standard InChI is InChI=1S/C12H9ClFN5S/c13-6-1-2-8(14)9(5-6)16-10-7-3-4-20-11(7)18-12(17-10)19-15/h1-5H,15H2,(H2,16,17,18,19). The molecule has 0 amide bonds. The highest BCUT2D eigenvalue weighted by Gasteiger charge is 2.11. The fourth-order valence-corrected chi connectivity index (χ4v) is 2.67. The fraction of sp³-hybridized carbons (Fsp3) is 0. The molecule has 0 saturated heterocycles. The minimum atomic E-state index is -0.418. The molecule has 3 aromatic rings. The fourth-order valence-electron chi connectivity index (χ4n) is 1.74. The number of fused-ring (bicyclic) bond motifs is 1. The van der Waals surface area contributed by atoms with Crippen molar-refractivity contribution in [2.24, 2.45) is 5.84 Å². The van der Waals surface area contributed by atoms with Gasteiger partial charge in [-0.25, -0.2) is 15.2 Å². The van der Waals surface area contributed by atoms with Gasteiger partial charge < -0.3 is 5.32 Å². The SMILES string of the molecule is NNc1nc(Nc2cc(Cl)ccc2F)c2ccsc2n1. The number of nitrogens with zero attached hydrogens (tertiary/aromatic N) is 2. The van der Waals surface area contributed by atoms with Crippen LogP contribution in [0.25, 0.3) is 10.2 Å². The molecule has 3 rings (SSSR count). The number of hydrazine groups is 1. The van der Waals surface area contributed by atoms with E-state index in [0.29, 0.717) is 10.8 Å². The summed E-state index contributed by atoms with van der Waals surface area (Å²) in [4.78, 5) is 9.15. The Balaban J connectivity index is 2.09. The summed E-state index contributed by atoms with van der Waals surface area (Å²) in [5, 5.41) is 6.01. The predicted octanol–water partition coefficient (Wildman–Crippen LogP) is 3.51. The molecule has 0 unspecified atom stereocenters. The van der Waals surface area contributed by atoms with Gasteiger partial charge in [-0.3, -0.25) is 5.43 Å². The summed E-state index contributed by atoms with van der Waals surface area (Å²) in [6.07, 6.45) is 0. The minimum absolute atomic E-state index is 0.242. The van der Waals surface area contributed by atoms with Crippen LogP contribution in [0.15, 0.2) is 29.6 Å². The van der Waals surface area contributed by atoms with E-state index in [9.17, 15) is 4.39 Å². The number of anilines is 3. The largest absolute Gasteiger partial charge is 0.337 e. The number of thiophene rings is 1. The zero-order valence-electron chi connectivity index (χ0n) is 10.0. The smallest absolute Gasteiger partial charge is 0.240 e. The summed E-state index contributed by atoms with van der Waals surface area (Å²) in [7, 11) is 0. The lowest BCUT2D eigenvalue weighted by Gasteiger charge is -2.09. The van der Waals surface area contributed by atoms with Gasteiger partial charge in [0, 0.05) is 5.02 Å². The van der Waals surface area contributed by atoms with Gasteiger partial charge in [-0.05, 0) is 29.6 Å². The molecule has 8 heteroatoms. The van der Waals surface area contributed by atoms with Gasteiger partial charge in [0.1, 0.15) is 16.5 Å². The highest BCUT2D eigenvalue weighted by Crippen LogP contribution is 2.30. The molecule has 0 fully saturated rings. The molecule has 0 aliphatic heterocycles. The molecule has 0 spiro atoms. The lowest BCUT2D eigenvalue weighted by molar-refractivity contribution is 0.632. The van der Waals surface area contributed by atoms with E-state index in [1.165, 1.54) is 29.5 Å². The molecular formula is C12H9ClFN5S. The molecule has 0 bridgehead atoms. The van der Waals surface area contributed by atoms with Crippen molar-refractivity contribution in [3.8, 4) is 0 Å². The van der Waals surface area contributed by atoms with Crippen LogP contribution in [0.4, 0.5) is 21.8 Å². The van der Waals surface area contributed by atoms with Crippen LogP contribution in [-0.2, 0) is 0 Å². The summed E-state index contributed by atoms with van der Waals surface area (Å²) in [5.74, 6) is 5.63. The molecule has 2 aromatic heterocycles. The molecule has 0 aliphatic rings. The maximum Gasteiger partial charge on any atom is 0.240 e. The second-order valence-electron chi connectivity index (χ2n) is 3.93. The van der Waals surface area contributed by atoms with Crippen molar-refractivity contribution in [3.05, 3.63) is 40.5 Å². The molecule has 4 N–H and O–H groups in total. The van der Waals surface area contributed by atoms with Gasteiger partial charge in [0.05, 0.1) is 11.1 Å². The van der Waals surface area contributed by atoms with Gasteiger partial charge in [0.2, 0.25) is 5.95 Å². The topological polar surface area (TPSA) is 75.9 Å². The molecule has 2 heterocycles. The summed E-state index contributed by atoms with van der Waals surface area (Å²) >= 11 is 7.31. The average Bonchev–Trinajstić information content (AvgIpc) is 2.91. The van der Waals surface area contributed by atoms with Crippen LogP contribution in [0.1, 0.15) is 0 Å². The summed E-state index contributed by atoms with van der Waals surface area (Å²) < 4.78 is 13.8. The molecular weight excluding hydrogens is 301 g/mol. The molecule has 102 valence electrons. The van der Waals surface area contributed by atoms with Crippen molar-refractivity contribution in [1.29, 1.82) is 0 Å². The van der Waals surface area contributed by atoms with Crippen LogP contribution in [0.3, 0.4) is 0 Å². The molecule has 0 atom stereocenters. The molecule has 0 aliphatic carbocycles. The van der Waals surface area contributed by atoms with Crippen LogP contribution < -0.4 is 16.6 Å². The second kappa shape index (κ2) is 5.20. The number of nitrogens with two attached hydrogens (primary N) is 1. The Morgan fingerprint density at radius 2 is 2.10 bits per heavy atom. The Kier molecular flexibility index (Phi) is 3.39.